The van der Waals surface area contributed by atoms with Gasteiger partial charge in [0, 0.05) is 12.1 Å². The van der Waals surface area contributed by atoms with Crippen molar-refractivity contribution in [2.75, 3.05) is 6.61 Å². The second kappa shape index (κ2) is 10.3. The zero-order valence-electron chi connectivity index (χ0n) is 20.1. The molecule has 2 atom stereocenters. The fourth-order valence-electron chi connectivity index (χ4n) is 3.04. The number of nitrogens with one attached hydrogen (secondary N) is 1. The number of aliphatic hydroxyl groups is 1. The van der Waals surface area contributed by atoms with Crippen LogP contribution in [0.15, 0.2) is 30.3 Å². The molecule has 0 unspecified atom stereocenters. The standard InChI is InChI=1S/C24H34FN3O5/c1-15(2)11-16(12-21(29)30)26-22(31)18-13-20(33-14-24(6,32)23(3,4)5)28(27-18)19-10-8-7-9-17(19)25/h7-10,13,15-16,32H,11-12,14H2,1-6H3,(H,26,31)(H,29,30)/t16-,24+/m0/s1. The molecule has 9 heteroatoms. The Balaban J connectivity index is 2.38. The topological polar surface area (TPSA) is 114 Å². The Morgan fingerprint density at radius 2 is 1.85 bits per heavy atom. The number of carbonyl (C=O) groups is 2. The van der Waals surface area contributed by atoms with E-state index >= 15 is 0 Å². The molecule has 2 rings (SSSR count). The maximum atomic E-state index is 14.5. The van der Waals surface area contributed by atoms with Crippen LogP contribution in [0.2, 0.25) is 0 Å². The zero-order chi connectivity index (χ0) is 25.0. The van der Waals surface area contributed by atoms with Crippen molar-refractivity contribution in [3.8, 4) is 11.6 Å². The molecule has 3 N–H and O–H groups in total. The van der Waals surface area contributed by atoms with Crippen molar-refractivity contribution in [2.24, 2.45) is 11.3 Å². The number of benzene rings is 1. The summed E-state index contributed by atoms with van der Waals surface area (Å²) in [7, 11) is 0. The van der Waals surface area contributed by atoms with Gasteiger partial charge in [-0.1, -0.05) is 46.8 Å². The predicted octanol–water partition coefficient (Wildman–Crippen LogP) is 3.81. The smallest absolute Gasteiger partial charge is 0.305 e. The van der Waals surface area contributed by atoms with Crippen molar-refractivity contribution in [2.45, 2.75) is 66.0 Å². The molecule has 0 bridgehead atoms. The lowest BCUT2D eigenvalue weighted by Gasteiger charge is -2.36. The van der Waals surface area contributed by atoms with E-state index in [1.54, 1.807) is 13.0 Å². The van der Waals surface area contributed by atoms with Gasteiger partial charge >= 0.3 is 5.97 Å². The van der Waals surface area contributed by atoms with Crippen LogP contribution in [0.25, 0.3) is 5.69 Å². The van der Waals surface area contributed by atoms with Crippen molar-refractivity contribution < 1.29 is 28.9 Å². The average Bonchev–Trinajstić information content (AvgIpc) is 3.09. The number of carbonyl (C=O) groups excluding carboxylic acids is 1. The van der Waals surface area contributed by atoms with Crippen LogP contribution in [0.1, 0.15) is 64.9 Å². The van der Waals surface area contributed by atoms with Crippen molar-refractivity contribution in [3.05, 3.63) is 41.8 Å². The van der Waals surface area contributed by atoms with E-state index in [-0.39, 0.29) is 36.2 Å². The highest BCUT2D eigenvalue weighted by Crippen LogP contribution is 2.31. The Labute approximate surface area is 193 Å². The third-order valence-corrected chi connectivity index (χ3v) is 5.62. The highest BCUT2D eigenvalue weighted by molar-refractivity contribution is 5.93. The summed E-state index contributed by atoms with van der Waals surface area (Å²) in [5.41, 5.74) is -1.70. The van der Waals surface area contributed by atoms with E-state index in [9.17, 15) is 19.1 Å². The fraction of sp³-hybridized carbons (Fsp3) is 0.542. The van der Waals surface area contributed by atoms with Crippen LogP contribution in [-0.2, 0) is 4.79 Å². The number of amides is 1. The first-order valence-corrected chi connectivity index (χ1v) is 10.9. The lowest BCUT2D eigenvalue weighted by Crippen LogP contribution is -2.45. The summed E-state index contributed by atoms with van der Waals surface area (Å²) in [6.07, 6.45) is 0.250. The average molecular weight is 464 g/mol. The van der Waals surface area contributed by atoms with Crippen LogP contribution in [0, 0.1) is 17.2 Å². The fourth-order valence-corrected chi connectivity index (χ4v) is 3.04. The molecule has 1 heterocycles. The molecule has 0 aliphatic carbocycles. The summed E-state index contributed by atoms with van der Waals surface area (Å²) in [6, 6.07) is 6.68. The first-order valence-electron chi connectivity index (χ1n) is 10.9. The number of hydrogen-bond donors (Lipinski definition) is 3. The first kappa shape index (κ1) is 26.3. The Morgan fingerprint density at radius 1 is 1.21 bits per heavy atom. The van der Waals surface area contributed by atoms with E-state index < -0.39 is 34.8 Å². The Bertz CT molecular complexity index is 979. The second-order valence-electron chi connectivity index (χ2n) is 9.94. The molecular weight excluding hydrogens is 429 g/mol. The molecule has 0 radical (unpaired) electrons. The molecule has 1 aromatic carbocycles. The van der Waals surface area contributed by atoms with Gasteiger partial charge in [0.05, 0.1) is 6.42 Å². The molecule has 0 fully saturated rings. The number of aliphatic carboxylic acids is 1. The number of ether oxygens (including phenoxy) is 1. The summed E-state index contributed by atoms with van der Waals surface area (Å²) in [4.78, 5) is 24.1. The van der Waals surface area contributed by atoms with E-state index in [1.165, 1.54) is 24.3 Å². The Morgan fingerprint density at radius 3 is 2.39 bits per heavy atom. The summed E-state index contributed by atoms with van der Waals surface area (Å²) >= 11 is 0. The maximum absolute atomic E-state index is 14.5. The summed E-state index contributed by atoms with van der Waals surface area (Å²) in [5.74, 6) is -1.93. The van der Waals surface area contributed by atoms with Crippen LogP contribution < -0.4 is 10.1 Å². The maximum Gasteiger partial charge on any atom is 0.305 e. The van der Waals surface area contributed by atoms with Crippen molar-refractivity contribution in [3.63, 3.8) is 0 Å². The SMILES string of the molecule is CC(C)C[C@@H](CC(=O)O)NC(=O)c1cc(OC[C@@](C)(O)C(C)(C)C)n(-c2ccccc2F)n1. The number of carboxylic acids is 1. The quantitative estimate of drug-likeness (QED) is 0.494. The van der Waals surface area contributed by atoms with Gasteiger partial charge in [-0.3, -0.25) is 9.59 Å². The highest BCUT2D eigenvalue weighted by Gasteiger charge is 2.36. The summed E-state index contributed by atoms with van der Waals surface area (Å²) < 4.78 is 21.5. The molecule has 0 saturated carbocycles. The van der Waals surface area contributed by atoms with Gasteiger partial charge in [-0.15, -0.1) is 0 Å². The Kier molecular flexibility index (Phi) is 8.24. The minimum atomic E-state index is -1.22. The molecule has 2 aromatic rings. The molecule has 1 amide bonds. The molecule has 0 aliphatic rings. The molecule has 1 aromatic heterocycles. The van der Waals surface area contributed by atoms with E-state index in [1.807, 2.05) is 34.6 Å². The van der Waals surface area contributed by atoms with E-state index in [0.29, 0.717) is 6.42 Å². The zero-order valence-corrected chi connectivity index (χ0v) is 20.1. The minimum absolute atomic E-state index is 0.0530. The van der Waals surface area contributed by atoms with Gasteiger partial charge in [0.25, 0.3) is 5.91 Å². The first-order chi connectivity index (χ1) is 15.2. The third-order valence-electron chi connectivity index (χ3n) is 5.62. The minimum Gasteiger partial charge on any atom is -0.481 e. The van der Waals surface area contributed by atoms with Crippen LogP contribution in [0.5, 0.6) is 5.88 Å². The third kappa shape index (κ3) is 7.02. The van der Waals surface area contributed by atoms with Crippen molar-refractivity contribution in [1.82, 2.24) is 15.1 Å². The van der Waals surface area contributed by atoms with E-state index in [0.717, 1.165) is 4.68 Å². The highest BCUT2D eigenvalue weighted by atomic mass is 19.1. The van der Waals surface area contributed by atoms with Crippen LogP contribution >= 0.6 is 0 Å². The van der Waals surface area contributed by atoms with Crippen LogP contribution in [0.4, 0.5) is 4.39 Å². The molecule has 8 nitrogen and oxygen atoms in total. The molecular formula is C24H34FN3O5. The van der Waals surface area contributed by atoms with Gasteiger partial charge in [0.2, 0.25) is 5.88 Å². The number of hydrogen-bond acceptors (Lipinski definition) is 5. The largest absolute Gasteiger partial charge is 0.481 e. The van der Waals surface area contributed by atoms with E-state index in [2.05, 4.69) is 10.4 Å². The van der Waals surface area contributed by atoms with Gasteiger partial charge in [-0.25, -0.2) is 4.39 Å². The predicted molar refractivity (Wildman–Crippen MR) is 122 cm³/mol. The molecule has 0 saturated heterocycles. The lowest BCUT2D eigenvalue weighted by molar-refractivity contribution is -0.137. The van der Waals surface area contributed by atoms with Gasteiger partial charge < -0.3 is 20.3 Å². The van der Waals surface area contributed by atoms with Crippen molar-refractivity contribution >= 4 is 11.9 Å². The Hall–Kier alpha value is -2.94. The van der Waals surface area contributed by atoms with Crippen molar-refractivity contribution in [1.29, 1.82) is 0 Å². The molecule has 0 aliphatic heterocycles. The summed E-state index contributed by atoms with van der Waals surface area (Å²) in [6.45, 7) is 11.0. The van der Waals surface area contributed by atoms with Crippen LogP contribution in [-0.4, -0.2) is 50.1 Å². The number of nitrogens with zero attached hydrogens (tertiary/aromatic N) is 2. The molecule has 182 valence electrons. The van der Waals surface area contributed by atoms with E-state index in [4.69, 9.17) is 9.84 Å². The number of carboxylic acid groups (broad SMARTS) is 1. The number of rotatable bonds is 10. The monoisotopic (exact) mass is 463 g/mol. The molecule has 0 spiro atoms. The number of aromatic nitrogens is 2. The number of para-hydroxylation sites is 1. The van der Waals surface area contributed by atoms with Gasteiger partial charge in [-0.2, -0.15) is 9.78 Å². The lowest BCUT2D eigenvalue weighted by atomic mass is 9.78. The normalized spacial score (nSPS) is 14.6. The summed E-state index contributed by atoms with van der Waals surface area (Å²) in [5, 5.41) is 26.9. The number of halogens is 1. The van der Waals surface area contributed by atoms with Crippen LogP contribution in [0.3, 0.4) is 0 Å². The van der Waals surface area contributed by atoms with Gasteiger partial charge in [0.15, 0.2) is 5.69 Å². The second-order valence-corrected chi connectivity index (χ2v) is 9.94. The van der Waals surface area contributed by atoms with Gasteiger partial charge in [-0.05, 0) is 36.8 Å². The van der Waals surface area contributed by atoms with Gasteiger partial charge in [0.1, 0.15) is 23.7 Å². The molecule has 33 heavy (non-hydrogen) atoms.